The summed E-state index contributed by atoms with van der Waals surface area (Å²) >= 11 is 0. The van der Waals surface area contributed by atoms with E-state index in [1.54, 1.807) is 0 Å². The Labute approximate surface area is 94.5 Å². The number of ether oxygens (including phenoxy) is 1. The van der Waals surface area contributed by atoms with Crippen LogP contribution in [0.4, 0.5) is 0 Å². The first-order valence-corrected chi connectivity index (χ1v) is 4.45. The summed E-state index contributed by atoms with van der Waals surface area (Å²) in [4.78, 5) is 14.0. The Hall–Kier alpha value is -2.70. The molecule has 7 nitrogen and oxygen atoms in total. The summed E-state index contributed by atoms with van der Waals surface area (Å²) in [5.74, 6) is -2.21. The maximum absolute atomic E-state index is 10.5. The summed E-state index contributed by atoms with van der Waals surface area (Å²) < 4.78 is 9.69. The molecule has 2 rings (SSSR count). The monoisotopic (exact) mass is 237 g/mol. The topological polar surface area (TPSA) is 113 Å². The van der Waals surface area contributed by atoms with Crippen LogP contribution in [-0.2, 0) is 0 Å². The molecule has 1 heterocycles. The van der Waals surface area contributed by atoms with Crippen molar-refractivity contribution >= 4 is 5.97 Å². The van der Waals surface area contributed by atoms with Crippen molar-refractivity contribution in [2.75, 3.05) is 0 Å². The van der Waals surface area contributed by atoms with Gasteiger partial charge in [0.25, 0.3) is 0 Å². The highest BCUT2D eigenvalue weighted by Crippen LogP contribution is 2.36. The normalized spacial score (nSPS) is 10.1. The van der Waals surface area contributed by atoms with Crippen LogP contribution in [0.5, 0.6) is 23.3 Å². The Morgan fingerprint density at radius 3 is 2.76 bits per heavy atom. The Balaban J connectivity index is 2.25. The number of phenolic OH excluding ortho intramolecular Hbond substituents is 2. The second kappa shape index (κ2) is 4.05. The lowest BCUT2D eigenvalue weighted by Crippen LogP contribution is -1.95. The predicted molar refractivity (Wildman–Crippen MR) is 53.3 cm³/mol. The molecule has 88 valence electrons. The van der Waals surface area contributed by atoms with Crippen molar-refractivity contribution in [2.24, 2.45) is 0 Å². The number of carboxylic acids is 1. The third kappa shape index (κ3) is 2.12. The number of phenols is 2. The first-order valence-electron chi connectivity index (χ1n) is 4.45. The van der Waals surface area contributed by atoms with Crippen molar-refractivity contribution in [1.29, 1.82) is 0 Å². The van der Waals surface area contributed by atoms with Crippen LogP contribution in [0.25, 0.3) is 0 Å². The lowest BCUT2D eigenvalue weighted by molar-refractivity contribution is 0.0690. The number of rotatable bonds is 3. The van der Waals surface area contributed by atoms with Crippen LogP contribution in [0, 0.1) is 0 Å². The molecule has 3 N–H and O–H groups in total. The standard InChI is InChI=1S/C10H7NO6/c12-6-2-1-3-7(8(6)13)17-10-11-5(4-16-10)9(14)15/h1-4,12-13H,(H,14,15). The molecule has 0 saturated carbocycles. The van der Waals surface area contributed by atoms with E-state index in [-0.39, 0.29) is 23.3 Å². The third-order valence-electron chi connectivity index (χ3n) is 1.88. The van der Waals surface area contributed by atoms with Gasteiger partial charge in [0.05, 0.1) is 0 Å². The molecule has 0 atom stereocenters. The fourth-order valence-electron chi connectivity index (χ4n) is 1.09. The lowest BCUT2D eigenvalue weighted by atomic mass is 10.3. The van der Waals surface area contributed by atoms with Crippen LogP contribution in [0.2, 0.25) is 0 Å². The van der Waals surface area contributed by atoms with Crippen molar-refractivity contribution in [2.45, 2.75) is 0 Å². The Morgan fingerprint density at radius 2 is 2.12 bits per heavy atom. The van der Waals surface area contributed by atoms with E-state index in [1.807, 2.05) is 0 Å². The van der Waals surface area contributed by atoms with E-state index in [0.717, 1.165) is 6.26 Å². The van der Waals surface area contributed by atoms with Crippen LogP contribution in [0.15, 0.2) is 28.9 Å². The van der Waals surface area contributed by atoms with Crippen molar-refractivity contribution < 1.29 is 29.3 Å². The van der Waals surface area contributed by atoms with E-state index in [4.69, 9.17) is 14.3 Å². The summed E-state index contributed by atoms with van der Waals surface area (Å²) in [6, 6.07) is 4.06. The van der Waals surface area contributed by atoms with Gasteiger partial charge >= 0.3 is 12.0 Å². The fourth-order valence-corrected chi connectivity index (χ4v) is 1.09. The van der Waals surface area contributed by atoms with E-state index in [1.165, 1.54) is 18.2 Å². The fraction of sp³-hybridized carbons (Fsp3) is 0. The minimum atomic E-state index is -1.26. The number of aromatic nitrogens is 1. The van der Waals surface area contributed by atoms with Gasteiger partial charge in [-0.2, -0.15) is 4.98 Å². The van der Waals surface area contributed by atoms with Gasteiger partial charge in [0, 0.05) is 0 Å². The minimum absolute atomic E-state index is 0.0937. The molecule has 0 aliphatic heterocycles. The number of hydrogen-bond acceptors (Lipinski definition) is 6. The Kier molecular flexibility index (Phi) is 2.57. The van der Waals surface area contributed by atoms with Gasteiger partial charge in [-0.3, -0.25) is 0 Å². The highest BCUT2D eigenvalue weighted by Gasteiger charge is 2.14. The average Bonchev–Trinajstić information content (AvgIpc) is 2.73. The zero-order valence-corrected chi connectivity index (χ0v) is 8.32. The quantitative estimate of drug-likeness (QED) is 0.694. The van der Waals surface area contributed by atoms with E-state index in [9.17, 15) is 15.0 Å². The number of para-hydroxylation sites is 1. The molecular formula is C10H7NO6. The van der Waals surface area contributed by atoms with Gasteiger partial charge in [-0.25, -0.2) is 4.79 Å². The number of carboxylic acid groups (broad SMARTS) is 1. The summed E-state index contributed by atoms with van der Waals surface area (Å²) in [7, 11) is 0. The van der Waals surface area contributed by atoms with Crippen LogP contribution in [0.3, 0.4) is 0 Å². The molecular weight excluding hydrogens is 230 g/mol. The van der Waals surface area contributed by atoms with Gasteiger partial charge < -0.3 is 24.5 Å². The molecule has 17 heavy (non-hydrogen) atoms. The summed E-state index contributed by atoms with van der Waals surface area (Å²) in [5.41, 5.74) is -0.320. The molecule has 0 unspecified atom stereocenters. The molecule has 7 heteroatoms. The van der Waals surface area contributed by atoms with Crippen LogP contribution in [0.1, 0.15) is 10.5 Å². The van der Waals surface area contributed by atoms with Crippen molar-refractivity contribution in [1.82, 2.24) is 4.98 Å². The number of hydrogen-bond donors (Lipinski definition) is 3. The van der Waals surface area contributed by atoms with Crippen molar-refractivity contribution in [3.8, 4) is 23.3 Å². The SMILES string of the molecule is O=C(O)c1coc(Oc2cccc(O)c2O)n1. The summed E-state index contributed by atoms with van der Waals surface area (Å²) in [6.07, 6.45) is 0.556. The number of oxazole rings is 1. The number of carbonyl (C=O) groups is 1. The van der Waals surface area contributed by atoms with Gasteiger partial charge in [0.1, 0.15) is 6.26 Å². The molecule has 0 fully saturated rings. The van der Waals surface area contributed by atoms with E-state index >= 15 is 0 Å². The van der Waals surface area contributed by atoms with Crippen LogP contribution < -0.4 is 4.74 Å². The average molecular weight is 237 g/mol. The molecule has 0 bridgehead atoms. The van der Waals surface area contributed by atoms with Gasteiger partial charge in [-0.05, 0) is 12.1 Å². The molecule has 0 saturated heterocycles. The largest absolute Gasteiger partial charge is 0.504 e. The Morgan fingerprint density at radius 1 is 1.35 bits per heavy atom. The Bertz CT molecular complexity index is 562. The number of nitrogens with zero attached hydrogens (tertiary/aromatic N) is 1. The summed E-state index contributed by atoms with van der Waals surface area (Å²) in [6.45, 7) is 0. The van der Waals surface area contributed by atoms with Crippen LogP contribution >= 0.6 is 0 Å². The second-order valence-corrected chi connectivity index (χ2v) is 3.03. The molecule has 0 spiro atoms. The van der Waals surface area contributed by atoms with E-state index in [0.29, 0.717) is 0 Å². The zero-order chi connectivity index (χ0) is 12.4. The maximum Gasteiger partial charge on any atom is 0.400 e. The van der Waals surface area contributed by atoms with Gasteiger partial charge in [0.2, 0.25) is 5.75 Å². The van der Waals surface area contributed by atoms with E-state index < -0.39 is 11.7 Å². The molecule has 1 aromatic heterocycles. The minimum Gasteiger partial charge on any atom is -0.504 e. The first kappa shape index (κ1) is 10.8. The molecule has 0 aliphatic rings. The lowest BCUT2D eigenvalue weighted by Gasteiger charge is -2.03. The first-order chi connectivity index (χ1) is 8.08. The van der Waals surface area contributed by atoms with Crippen molar-refractivity contribution in [3.63, 3.8) is 0 Å². The van der Waals surface area contributed by atoms with Gasteiger partial charge in [-0.15, -0.1) is 0 Å². The predicted octanol–water partition coefficient (Wildman–Crippen LogP) is 1.58. The molecule has 0 radical (unpaired) electrons. The smallest absolute Gasteiger partial charge is 0.400 e. The molecule has 0 amide bonds. The number of aromatic carboxylic acids is 1. The highest BCUT2D eigenvalue weighted by molar-refractivity contribution is 5.84. The molecule has 2 aromatic rings. The second-order valence-electron chi connectivity index (χ2n) is 3.03. The van der Waals surface area contributed by atoms with Crippen molar-refractivity contribution in [3.05, 3.63) is 30.2 Å². The van der Waals surface area contributed by atoms with E-state index in [2.05, 4.69) is 4.98 Å². The zero-order valence-electron chi connectivity index (χ0n) is 8.32. The third-order valence-corrected chi connectivity index (χ3v) is 1.88. The number of benzene rings is 1. The summed E-state index contributed by atoms with van der Waals surface area (Å²) in [5, 5.41) is 27.2. The number of aromatic hydroxyl groups is 2. The van der Waals surface area contributed by atoms with Gasteiger partial charge in [0.15, 0.2) is 17.2 Å². The highest BCUT2D eigenvalue weighted by atomic mass is 16.6. The molecule has 1 aromatic carbocycles. The molecule has 0 aliphatic carbocycles. The van der Waals surface area contributed by atoms with Gasteiger partial charge in [-0.1, -0.05) is 6.07 Å². The van der Waals surface area contributed by atoms with Crippen LogP contribution in [-0.4, -0.2) is 26.3 Å². The maximum atomic E-state index is 10.5.